The first-order chi connectivity index (χ1) is 18.7. The Kier molecular flexibility index (Phi) is 9.09. The van der Waals surface area contributed by atoms with Crippen molar-refractivity contribution in [3.63, 3.8) is 0 Å². The normalized spacial score (nSPS) is 11.5. The number of anilines is 1. The lowest BCUT2D eigenvalue weighted by molar-refractivity contribution is -0.117. The molecule has 7 nitrogen and oxygen atoms in total. The number of halogens is 3. The van der Waals surface area contributed by atoms with Crippen molar-refractivity contribution >= 4 is 64.6 Å². The van der Waals surface area contributed by atoms with Crippen LogP contribution in [0.1, 0.15) is 21.7 Å². The predicted molar refractivity (Wildman–Crippen MR) is 158 cm³/mol. The Hall–Kier alpha value is -4.04. The van der Waals surface area contributed by atoms with Gasteiger partial charge in [-0.1, -0.05) is 65.1 Å². The van der Waals surface area contributed by atoms with Crippen LogP contribution in [0.4, 0.5) is 5.69 Å². The highest BCUT2D eigenvalue weighted by Crippen LogP contribution is 2.35. The third kappa shape index (κ3) is 7.29. The molecule has 0 aliphatic carbocycles. The van der Waals surface area contributed by atoms with Crippen LogP contribution < -0.4 is 15.6 Å². The standard InChI is InChI=1S/C29H23Cl3N4O3/c1-36(2)20-10-8-18(9-11-20)14-26(34-28(37)19-6-4-3-5-7-19)29(38)35-33-17-21-12-13-27(39-21)22-15-24(31)25(32)16-23(22)30/h3-17H,1-2H3,(H,34,37)(H,35,38). The van der Waals surface area contributed by atoms with Crippen LogP contribution in [0.2, 0.25) is 15.1 Å². The molecule has 2 amide bonds. The zero-order valence-electron chi connectivity index (χ0n) is 20.9. The topological polar surface area (TPSA) is 86.9 Å². The maximum Gasteiger partial charge on any atom is 0.287 e. The first kappa shape index (κ1) is 28.0. The number of hydrogen-bond acceptors (Lipinski definition) is 5. The van der Waals surface area contributed by atoms with Gasteiger partial charge in [0, 0.05) is 30.9 Å². The van der Waals surface area contributed by atoms with Crippen molar-refractivity contribution in [2.24, 2.45) is 5.10 Å². The van der Waals surface area contributed by atoms with Gasteiger partial charge in [0.05, 0.1) is 21.3 Å². The van der Waals surface area contributed by atoms with E-state index in [1.807, 2.05) is 43.3 Å². The van der Waals surface area contributed by atoms with Gasteiger partial charge in [0.15, 0.2) is 0 Å². The fourth-order valence-electron chi connectivity index (χ4n) is 3.47. The van der Waals surface area contributed by atoms with Gasteiger partial charge in [-0.3, -0.25) is 9.59 Å². The van der Waals surface area contributed by atoms with E-state index < -0.39 is 11.8 Å². The van der Waals surface area contributed by atoms with Gasteiger partial charge in [0.2, 0.25) is 0 Å². The Morgan fingerprint density at radius 3 is 2.26 bits per heavy atom. The minimum atomic E-state index is -0.619. The van der Waals surface area contributed by atoms with Crippen LogP contribution in [-0.2, 0) is 4.79 Å². The summed E-state index contributed by atoms with van der Waals surface area (Å²) in [4.78, 5) is 27.8. The van der Waals surface area contributed by atoms with Crippen molar-refractivity contribution in [2.45, 2.75) is 0 Å². The average molecular weight is 582 g/mol. The van der Waals surface area contributed by atoms with Gasteiger partial charge in [0.1, 0.15) is 17.2 Å². The molecule has 39 heavy (non-hydrogen) atoms. The Morgan fingerprint density at radius 2 is 1.56 bits per heavy atom. The second-order valence-corrected chi connectivity index (χ2v) is 9.73. The molecule has 3 aromatic carbocycles. The molecule has 1 heterocycles. The summed E-state index contributed by atoms with van der Waals surface area (Å²) in [5.41, 5.74) is 5.13. The number of rotatable bonds is 8. The SMILES string of the molecule is CN(C)c1ccc(C=C(NC(=O)c2ccccc2)C(=O)NN=Cc2ccc(-c3cc(Cl)c(Cl)cc3Cl)o2)cc1. The largest absolute Gasteiger partial charge is 0.455 e. The number of hydrazone groups is 1. The molecule has 4 aromatic rings. The van der Waals surface area contributed by atoms with Crippen LogP contribution in [-0.4, -0.2) is 32.1 Å². The zero-order chi connectivity index (χ0) is 27.9. The molecule has 0 aliphatic heterocycles. The van der Waals surface area contributed by atoms with E-state index in [2.05, 4.69) is 15.8 Å². The summed E-state index contributed by atoms with van der Waals surface area (Å²) in [5.74, 6) is -0.250. The Morgan fingerprint density at radius 1 is 0.872 bits per heavy atom. The van der Waals surface area contributed by atoms with Gasteiger partial charge < -0.3 is 14.6 Å². The molecule has 0 unspecified atom stereocenters. The van der Waals surface area contributed by atoms with Crippen LogP contribution in [0, 0.1) is 0 Å². The maximum absolute atomic E-state index is 13.0. The number of carbonyl (C=O) groups is 2. The van der Waals surface area contributed by atoms with Gasteiger partial charge in [-0.05, 0) is 60.2 Å². The molecule has 2 N–H and O–H groups in total. The van der Waals surface area contributed by atoms with Gasteiger partial charge in [-0.2, -0.15) is 5.10 Å². The van der Waals surface area contributed by atoms with E-state index >= 15 is 0 Å². The highest BCUT2D eigenvalue weighted by atomic mass is 35.5. The van der Waals surface area contributed by atoms with Crippen LogP contribution >= 0.6 is 34.8 Å². The van der Waals surface area contributed by atoms with E-state index in [1.54, 1.807) is 54.6 Å². The third-order valence-corrected chi connectivity index (χ3v) is 6.54. The van der Waals surface area contributed by atoms with Crippen LogP contribution in [0.25, 0.3) is 17.4 Å². The van der Waals surface area contributed by atoms with Crippen LogP contribution in [0.3, 0.4) is 0 Å². The summed E-state index contributed by atoms with van der Waals surface area (Å²) in [7, 11) is 3.87. The Bertz CT molecular complexity index is 1550. The molecule has 1 aromatic heterocycles. The van der Waals surface area contributed by atoms with E-state index in [1.165, 1.54) is 12.3 Å². The molecule has 0 spiro atoms. The molecule has 0 saturated heterocycles. The van der Waals surface area contributed by atoms with Crippen LogP contribution in [0.15, 0.2) is 94.1 Å². The molecule has 0 radical (unpaired) electrons. The molecule has 198 valence electrons. The number of nitrogens with zero attached hydrogens (tertiary/aromatic N) is 2. The summed E-state index contributed by atoms with van der Waals surface area (Å²) < 4.78 is 5.76. The quantitative estimate of drug-likeness (QED) is 0.103. The lowest BCUT2D eigenvalue weighted by Gasteiger charge is -2.12. The Labute approximate surface area is 240 Å². The van der Waals surface area contributed by atoms with E-state index in [-0.39, 0.29) is 5.70 Å². The zero-order valence-corrected chi connectivity index (χ0v) is 23.2. The van der Waals surface area contributed by atoms with Crippen molar-refractivity contribution in [3.8, 4) is 11.3 Å². The molecule has 0 bridgehead atoms. The first-order valence-electron chi connectivity index (χ1n) is 11.6. The number of carbonyl (C=O) groups excluding carboxylic acids is 2. The molecule has 0 aliphatic rings. The Balaban J connectivity index is 1.52. The van der Waals surface area contributed by atoms with Gasteiger partial charge >= 0.3 is 0 Å². The van der Waals surface area contributed by atoms with Gasteiger partial charge in [-0.15, -0.1) is 0 Å². The number of benzene rings is 3. The van der Waals surface area contributed by atoms with E-state index in [4.69, 9.17) is 39.2 Å². The van der Waals surface area contributed by atoms with Crippen molar-refractivity contribution < 1.29 is 14.0 Å². The van der Waals surface area contributed by atoms with E-state index in [9.17, 15) is 9.59 Å². The summed E-state index contributed by atoms with van der Waals surface area (Å²) in [6.45, 7) is 0. The molecule has 4 rings (SSSR count). The average Bonchev–Trinajstić information content (AvgIpc) is 3.39. The summed E-state index contributed by atoms with van der Waals surface area (Å²) >= 11 is 18.4. The fraction of sp³-hybridized carbons (Fsp3) is 0.0690. The van der Waals surface area contributed by atoms with Crippen molar-refractivity contribution in [2.75, 3.05) is 19.0 Å². The summed E-state index contributed by atoms with van der Waals surface area (Å²) in [6, 6.07) is 22.6. The highest BCUT2D eigenvalue weighted by molar-refractivity contribution is 6.44. The molecular weight excluding hydrogens is 559 g/mol. The smallest absolute Gasteiger partial charge is 0.287 e. The fourth-order valence-corrected chi connectivity index (χ4v) is 4.11. The van der Waals surface area contributed by atoms with E-state index in [0.717, 1.165) is 11.3 Å². The van der Waals surface area contributed by atoms with Crippen molar-refractivity contribution in [3.05, 3.63) is 117 Å². The van der Waals surface area contributed by atoms with Crippen molar-refractivity contribution in [1.82, 2.24) is 10.7 Å². The molecular formula is C29H23Cl3N4O3. The van der Waals surface area contributed by atoms with Crippen molar-refractivity contribution in [1.29, 1.82) is 0 Å². The lowest BCUT2D eigenvalue weighted by atomic mass is 10.1. The molecule has 0 saturated carbocycles. The highest BCUT2D eigenvalue weighted by Gasteiger charge is 2.15. The summed E-state index contributed by atoms with van der Waals surface area (Å²) in [5, 5.41) is 7.70. The second-order valence-electron chi connectivity index (χ2n) is 8.51. The third-order valence-electron chi connectivity index (χ3n) is 5.51. The lowest BCUT2D eigenvalue weighted by Crippen LogP contribution is -2.32. The maximum atomic E-state index is 13.0. The number of nitrogens with one attached hydrogen (secondary N) is 2. The van der Waals surface area contributed by atoms with Gasteiger partial charge in [-0.25, -0.2) is 5.43 Å². The van der Waals surface area contributed by atoms with Crippen LogP contribution in [0.5, 0.6) is 0 Å². The monoisotopic (exact) mass is 580 g/mol. The van der Waals surface area contributed by atoms with Gasteiger partial charge in [0.25, 0.3) is 11.8 Å². The minimum Gasteiger partial charge on any atom is -0.455 e. The minimum absolute atomic E-state index is 0.0151. The number of amides is 2. The number of hydrogen-bond donors (Lipinski definition) is 2. The second kappa shape index (κ2) is 12.7. The molecule has 10 heteroatoms. The predicted octanol–water partition coefficient (Wildman–Crippen LogP) is 6.89. The van der Waals surface area contributed by atoms with E-state index in [0.29, 0.717) is 37.7 Å². The summed E-state index contributed by atoms with van der Waals surface area (Å²) in [6.07, 6.45) is 2.90. The molecule has 0 fully saturated rings. The number of furan rings is 1. The first-order valence-corrected chi connectivity index (χ1v) is 12.8. The molecule has 0 atom stereocenters.